The second-order valence-corrected chi connectivity index (χ2v) is 6.15. The third kappa shape index (κ3) is 1.83. The standard InChI is InChI=1S/C15H21N3/c1-15(2,3)18-13-7-5-4-6-12(13)17-14(18)11-8-9-16-10-11/h4-7,11,16H,8-10H2,1-3H3. The van der Waals surface area contributed by atoms with E-state index in [0.29, 0.717) is 5.92 Å². The Morgan fingerprint density at radius 2 is 2.06 bits per heavy atom. The van der Waals surface area contributed by atoms with Crippen LogP contribution in [-0.2, 0) is 5.54 Å². The van der Waals surface area contributed by atoms with Crippen LogP contribution in [0.15, 0.2) is 24.3 Å². The number of aromatic nitrogens is 2. The van der Waals surface area contributed by atoms with Gasteiger partial charge in [0.15, 0.2) is 0 Å². The monoisotopic (exact) mass is 243 g/mol. The summed E-state index contributed by atoms with van der Waals surface area (Å²) in [6, 6.07) is 8.46. The quantitative estimate of drug-likeness (QED) is 0.834. The number of nitrogens with zero attached hydrogens (tertiary/aromatic N) is 2. The Labute approximate surface area is 108 Å². The van der Waals surface area contributed by atoms with Crippen LogP contribution in [0.3, 0.4) is 0 Å². The molecule has 3 nitrogen and oxygen atoms in total. The summed E-state index contributed by atoms with van der Waals surface area (Å²) in [4.78, 5) is 4.88. The van der Waals surface area contributed by atoms with Crippen LogP contribution in [0.4, 0.5) is 0 Å². The second-order valence-electron chi connectivity index (χ2n) is 6.15. The van der Waals surface area contributed by atoms with Crippen LogP contribution in [0.25, 0.3) is 11.0 Å². The molecule has 1 unspecified atom stereocenters. The molecule has 2 heterocycles. The molecule has 0 radical (unpaired) electrons. The fraction of sp³-hybridized carbons (Fsp3) is 0.533. The number of benzene rings is 1. The number of nitrogens with one attached hydrogen (secondary N) is 1. The SMILES string of the molecule is CC(C)(C)n1c(C2CCNC2)nc2ccccc21. The Hall–Kier alpha value is -1.35. The predicted octanol–water partition coefficient (Wildman–Crippen LogP) is 2.87. The smallest absolute Gasteiger partial charge is 0.114 e. The van der Waals surface area contributed by atoms with Crippen molar-refractivity contribution in [2.75, 3.05) is 13.1 Å². The highest BCUT2D eigenvalue weighted by molar-refractivity contribution is 5.76. The van der Waals surface area contributed by atoms with Gasteiger partial charge in [0.05, 0.1) is 11.0 Å². The van der Waals surface area contributed by atoms with Gasteiger partial charge in [0.2, 0.25) is 0 Å². The van der Waals surface area contributed by atoms with Crippen molar-refractivity contribution in [3.8, 4) is 0 Å². The van der Waals surface area contributed by atoms with E-state index in [0.717, 1.165) is 18.6 Å². The number of fused-ring (bicyclic) bond motifs is 1. The number of rotatable bonds is 1. The molecule has 0 aliphatic carbocycles. The van der Waals surface area contributed by atoms with Crippen molar-refractivity contribution < 1.29 is 0 Å². The minimum atomic E-state index is 0.0774. The number of para-hydroxylation sites is 2. The first-order valence-corrected chi connectivity index (χ1v) is 6.76. The number of imidazole rings is 1. The number of hydrogen-bond donors (Lipinski definition) is 1. The summed E-state index contributed by atoms with van der Waals surface area (Å²) < 4.78 is 2.42. The van der Waals surface area contributed by atoms with Crippen LogP contribution in [0, 0.1) is 0 Å². The van der Waals surface area contributed by atoms with E-state index in [4.69, 9.17) is 4.98 Å². The molecule has 1 atom stereocenters. The van der Waals surface area contributed by atoms with Crippen LogP contribution in [-0.4, -0.2) is 22.6 Å². The second kappa shape index (κ2) is 4.09. The summed E-state index contributed by atoms with van der Waals surface area (Å²) in [6.45, 7) is 8.93. The topological polar surface area (TPSA) is 29.9 Å². The summed E-state index contributed by atoms with van der Waals surface area (Å²) in [5.74, 6) is 1.80. The highest BCUT2D eigenvalue weighted by Gasteiger charge is 2.28. The van der Waals surface area contributed by atoms with E-state index in [9.17, 15) is 0 Å². The average molecular weight is 243 g/mol. The lowest BCUT2D eigenvalue weighted by Gasteiger charge is -2.26. The maximum Gasteiger partial charge on any atom is 0.114 e. The molecule has 2 aromatic rings. The Morgan fingerprint density at radius 1 is 1.28 bits per heavy atom. The van der Waals surface area contributed by atoms with Crippen molar-refractivity contribution in [2.24, 2.45) is 0 Å². The van der Waals surface area contributed by atoms with E-state index in [1.807, 2.05) is 0 Å². The van der Waals surface area contributed by atoms with Gasteiger partial charge in [0.1, 0.15) is 5.82 Å². The predicted molar refractivity (Wildman–Crippen MR) is 75.0 cm³/mol. The highest BCUT2D eigenvalue weighted by atomic mass is 15.1. The van der Waals surface area contributed by atoms with E-state index in [1.54, 1.807) is 0 Å². The maximum absolute atomic E-state index is 4.88. The first-order valence-electron chi connectivity index (χ1n) is 6.76. The van der Waals surface area contributed by atoms with Gasteiger partial charge in [-0.2, -0.15) is 0 Å². The zero-order valence-corrected chi connectivity index (χ0v) is 11.4. The maximum atomic E-state index is 4.88. The molecule has 1 aromatic carbocycles. The molecule has 1 aliphatic heterocycles. The molecule has 1 saturated heterocycles. The van der Waals surface area contributed by atoms with Gasteiger partial charge < -0.3 is 9.88 Å². The van der Waals surface area contributed by atoms with Gasteiger partial charge in [-0.3, -0.25) is 0 Å². The van der Waals surface area contributed by atoms with Gasteiger partial charge >= 0.3 is 0 Å². The van der Waals surface area contributed by atoms with Crippen molar-refractivity contribution in [2.45, 2.75) is 38.6 Å². The van der Waals surface area contributed by atoms with Crippen molar-refractivity contribution in [3.63, 3.8) is 0 Å². The summed E-state index contributed by atoms with van der Waals surface area (Å²) >= 11 is 0. The molecular formula is C15H21N3. The van der Waals surface area contributed by atoms with Crippen molar-refractivity contribution in [1.29, 1.82) is 0 Å². The van der Waals surface area contributed by atoms with Gasteiger partial charge in [-0.1, -0.05) is 12.1 Å². The molecule has 96 valence electrons. The van der Waals surface area contributed by atoms with E-state index >= 15 is 0 Å². The summed E-state index contributed by atoms with van der Waals surface area (Å²) in [5.41, 5.74) is 2.45. The third-order valence-electron chi connectivity index (χ3n) is 3.68. The normalized spacial score (nSPS) is 20.7. The molecule has 0 spiro atoms. The molecule has 1 N–H and O–H groups in total. The fourth-order valence-electron chi connectivity index (χ4n) is 2.90. The lowest BCUT2D eigenvalue weighted by molar-refractivity contribution is 0.385. The molecule has 18 heavy (non-hydrogen) atoms. The van der Waals surface area contributed by atoms with E-state index in [-0.39, 0.29) is 5.54 Å². The highest BCUT2D eigenvalue weighted by Crippen LogP contribution is 2.31. The van der Waals surface area contributed by atoms with Gasteiger partial charge in [0, 0.05) is 18.0 Å². The Morgan fingerprint density at radius 3 is 2.72 bits per heavy atom. The minimum Gasteiger partial charge on any atom is -0.322 e. The Balaban J connectivity index is 2.23. The largest absolute Gasteiger partial charge is 0.322 e. The molecule has 0 bridgehead atoms. The molecule has 3 heteroatoms. The molecular weight excluding hydrogens is 222 g/mol. The zero-order valence-electron chi connectivity index (χ0n) is 11.4. The zero-order chi connectivity index (χ0) is 12.8. The first kappa shape index (κ1) is 11.7. The van der Waals surface area contributed by atoms with Crippen LogP contribution in [0.5, 0.6) is 0 Å². The summed E-state index contributed by atoms with van der Waals surface area (Å²) in [6.07, 6.45) is 1.19. The fourth-order valence-corrected chi connectivity index (χ4v) is 2.90. The van der Waals surface area contributed by atoms with E-state index in [1.165, 1.54) is 17.8 Å². The van der Waals surface area contributed by atoms with Gasteiger partial charge in [0.25, 0.3) is 0 Å². The van der Waals surface area contributed by atoms with Gasteiger partial charge in [-0.25, -0.2) is 4.98 Å². The molecule has 0 saturated carbocycles. The van der Waals surface area contributed by atoms with Crippen molar-refractivity contribution in [3.05, 3.63) is 30.1 Å². The summed E-state index contributed by atoms with van der Waals surface area (Å²) in [5, 5.41) is 3.44. The lowest BCUT2D eigenvalue weighted by atomic mass is 10.0. The van der Waals surface area contributed by atoms with E-state index < -0.39 is 0 Å². The van der Waals surface area contributed by atoms with Crippen LogP contribution < -0.4 is 5.32 Å². The lowest BCUT2D eigenvalue weighted by Crippen LogP contribution is -2.26. The molecule has 1 aromatic heterocycles. The molecule has 1 fully saturated rings. The number of hydrogen-bond acceptors (Lipinski definition) is 2. The average Bonchev–Trinajstić information content (AvgIpc) is 2.94. The van der Waals surface area contributed by atoms with Crippen LogP contribution in [0.1, 0.15) is 38.9 Å². The van der Waals surface area contributed by atoms with Crippen molar-refractivity contribution >= 4 is 11.0 Å². The minimum absolute atomic E-state index is 0.0774. The molecule has 0 amide bonds. The summed E-state index contributed by atoms with van der Waals surface area (Å²) in [7, 11) is 0. The Kier molecular flexibility index (Phi) is 2.67. The van der Waals surface area contributed by atoms with Crippen LogP contribution in [0.2, 0.25) is 0 Å². The Bertz CT molecular complexity index is 557. The first-order chi connectivity index (χ1) is 8.57. The van der Waals surface area contributed by atoms with Crippen molar-refractivity contribution in [1.82, 2.24) is 14.9 Å². The third-order valence-corrected chi connectivity index (χ3v) is 3.68. The van der Waals surface area contributed by atoms with Crippen LogP contribution >= 0.6 is 0 Å². The van der Waals surface area contributed by atoms with E-state index in [2.05, 4.69) is 54.9 Å². The van der Waals surface area contributed by atoms with Gasteiger partial charge in [-0.05, 0) is 45.9 Å². The van der Waals surface area contributed by atoms with Gasteiger partial charge in [-0.15, -0.1) is 0 Å². The molecule has 3 rings (SSSR count). The molecule has 1 aliphatic rings.